The topological polar surface area (TPSA) is 38.3 Å². The molecule has 1 amide bonds. The molecule has 0 bridgehead atoms. The van der Waals surface area contributed by atoms with Crippen LogP contribution in [-0.2, 0) is 4.74 Å². The van der Waals surface area contributed by atoms with Gasteiger partial charge >= 0.3 is 6.09 Å². The van der Waals surface area contributed by atoms with Crippen molar-refractivity contribution in [2.24, 2.45) is 0 Å². The zero-order valence-electron chi connectivity index (χ0n) is 7.09. The minimum atomic E-state index is -0.476. The molecule has 0 saturated carbocycles. The van der Waals surface area contributed by atoms with Crippen LogP contribution in [0.3, 0.4) is 0 Å². The fourth-order valence-electron chi connectivity index (χ4n) is 1.34. The van der Waals surface area contributed by atoms with Gasteiger partial charge in [-0.15, -0.1) is 0 Å². The quantitative estimate of drug-likeness (QED) is 0.781. The summed E-state index contributed by atoms with van der Waals surface area (Å²) in [5.74, 6) is -0.399. The normalized spacial score (nSPS) is 20.4. The maximum Gasteiger partial charge on any atom is 0.407 e. The van der Waals surface area contributed by atoms with Gasteiger partial charge in [0.05, 0.1) is 6.04 Å². The standard InChI is InChI=1S/C9H7ClFNO2/c10-7-3-5(11)1-2-6(7)8-4-14-9(13)12-8/h1-3,8H,4H2,(H,12,13). The molecule has 0 radical (unpaired) electrons. The Labute approximate surface area is 84.8 Å². The summed E-state index contributed by atoms with van der Waals surface area (Å²) in [5.41, 5.74) is 0.666. The molecule has 1 N–H and O–H groups in total. The molecular weight excluding hydrogens is 209 g/mol. The number of carbonyl (C=O) groups is 1. The number of amides is 1. The molecule has 74 valence electrons. The van der Waals surface area contributed by atoms with E-state index >= 15 is 0 Å². The summed E-state index contributed by atoms with van der Waals surface area (Å²) in [6, 6.07) is 3.76. The fraction of sp³-hybridized carbons (Fsp3) is 0.222. The van der Waals surface area contributed by atoms with Gasteiger partial charge in [0.1, 0.15) is 12.4 Å². The molecule has 2 rings (SSSR count). The summed E-state index contributed by atoms with van der Waals surface area (Å²) < 4.78 is 17.4. The number of hydrogen-bond acceptors (Lipinski definition) is 2. The first-order chi connectivity index (χ1) is 6.66. The largest absolute Gasteiger partial charge is 0.447 e. The molecular formula is C9H7ClFNO2. The Kier molecular flexibility index (Phi) is 2.29. The summed E-state index contributed by atoms with van der Waals surface area (Å²) >= 11 is 5.81. The van der Waals surface area contributed by atoms with Crippen LogP contribution in [0.4, 0.5) is 9.18 Å². The second-order valence-electron chi connectivity index (χ2n) is 2.96. The van der Waals surface area contributed by atoms with Gasteiger partial charge in [0, 0.05) is 5.02 Å². The van der Waals surface area contributed by atoms with Crippen molar-refractivity contribution >= 4 is 17.7 Å². The zero-order chi connectivity index (χ0) is 10.1. The van der Waals surface area contributed by atoms with E-state index in [1.165, 1.54) is 18.2 Å². The maximum absolute atomic E-state index is 12.7. The van der Waals surface area contributed by atoms with Crippen LogP contribution < -0.4 is 5.32 Å². The van der Waals surface area contributed by atoms with Crippen molar-refractivity contribution in [1.29, 1.82) is 0 Å². The van der Waals surface area contributed by atoms with Crippen LogP contribution in [0, 0.1) is 5.82 Å². The number of carbonyl (C=O) groups excluding carboxylic acids is 1. The number of cyclic esters (lactones) is 1. The fourth-order valence-corrected chi connectivity index (χ4v) is 1.64. The lowest BCUT2D eigenvalue weighted by Gasteiger charge is -2.09. The van der Waals surface area contributed by atoms with Crippen molar-refractivity contribution in [2.75, 3.05) is 6.61 Å². The highest BCUT2D eigenvalue weighted by Gasteiger charge is 2.25. The van der Waals surface area contributed by atoms with E-state index in [0.29, 0.717) is 10.6 Å². The molecule has 14 heavy (non-hydrogen) atoms. The smallest absolute Gasteiger partial charge is 0.407 e. The van der Waals surface area contributed by atoms with E-state index in [1.807, 2.05) is 0 Å². The first-order valence-corrected chi connectivity index (χ1v) is 4.43. The van der Waals surface area contributed by atoms with Crippen LogP contribution in [0.5, 0.6) is 0 Å². The first kappa shape index (κ1) is 9.27. The molecule has 1 aliphatic rings. The summed E-state index contributed by atoms with van der Waals surface area (Å²) in [5, 5.41) is 2.85. The van der Waals surface area contributed by atoms with E-state index in [2.05, 4.69) is 5.32 Å². The molecule has 1 atom stereocenters. The van der Waals surface area contributed by atoms with Gasteiger partial charge in [0.15, 0.2) is 0 Å². The van der Waals surface area contributed by atoms with Crippen molar-refractivity contribution < 1.29 is 13.9 Å². The molecule has 1 fully saturated rings. The highest BCUT2D eigenvalue weighted by Crippen LogP contribution is 2.26. The second kappa shape index (κ2) is 3.46. The van der Waals surface area contributed by atoms with Crippen LogP contribution in [0.25, 0.3) is 0 Å². The van der Waals surface area contributed by atoms with Gasteiger partial charge in [-0.1, -0.05) is 17.7 Å². The zero-order valence-corrected chi connectivity index (χ0v) is 7.84. The molecule has 3 nitrogen and oxygen atoms in total. The monoisotopic (exact) mass is 215 g/mol. The maximum atomic E-state index is 12.7. The van der Waals surface area contributed by atoms with Crippen LogP contribution in [0.15, 0.2) is 18.2 Å². The van der Waals surface area contributed by atoms with Gasteiger partial charge in [0.2, 0.25) is 0 Å². The average Bonchev–Trinajstić information content (AvgIpc) is 2.51. The van der Waals surface area contributed by atoms with E-state index in [4.69, 9.17) is 16.3 Å². The minimum absolute atomic E-state index is 0.226. The Hall–Kier alpha value is -1.29. The van der Waals surface area contributed by atoms with E-state index in [0.717, 1.165) is 0 Å². The van der Waals surface area contributed by atoms with Crippen molar-refractivity contribution in [3.05, 3.63) is 34.6 Å². The number of benzene rings is 1. The number of rotatable bonds is 1. The molecule has 0 aromatic heterocycles. The molecule has 0 spiro atoms. The molecule has 0 aliphatic carbocycles. The summed E-state index contributed by atoms with van der Waals surface area (Å²) in [4.78, 5) is 10.8. The SMILES string of the molecule is O=C1NC(c2ccc(F)cc2Cl)CO1. The Morgan fingerprint density at radius 1 is 1.57 bits per heavy atom. The average molecular weight is 216 g/mol. The van der Waals surface area contributed by atoms with Crippen molar-refractivity contribution in [1.82, 2.24) is 5.32 Å². The number of nitrogens with one attached hydrogen (secondary N) is 1. The van der Waals surface area contributed by atoms with Crippen LogP contribution in [-0.4, -0.2) is 12.7 Å². The third kappa shape index (κ3) is 1.65. The lowest BCUT2D eigenvalue weighted by atomic mass is 10.1. The van der Waals surface area contributed by atoms with Gasteiger partial charge in [-0.2, -0.15) is 0 Å². The number of halogens is 2. The highest BCUT2D eigenvalue weighted by molar-refractivity contribution is 6.31. The minimum Gasteiger partial charge on any atom is -0.447 e. The second-order valence-corrected chi connectivity index (χ2v) is 3.37. The summed E-state index contributed by atoms with van der Waals surface area (Å²) in [6.07, 6.45) is -0.476. The number of ether oxygens (including phenoxy) is 1. The van der Waals surface area contributed by atoms with Crippen molar-refractivity contribution in [2.45, 2.75) is 6.04 Å². The Bertz CT molecular complexity index is 383. The molecule has 1 aromatic carbocycles. The first-order valence-electron chi connectivity index (χ1n) is 4.05. The van der Waals surface area contributed by atoms with Crippen LogP contribution in [0.2, 0.25) is 5.02 Å². The Morgan fingerprint density at radius 3 is 2.93 bits per heavy atom. The Morgan fingerprint density at radius 2 is 2.36 bits per heavy atom. The lowest BCUT2D eigenvalue weighted by Crippen LogP contribution is -2.18. The van der Waals surface area contributed by atoms with Crippen molar-refractivity contribution in [3.63, 3.8) is 0 Å². The molecule has 1 aliphatic heterocycles. The van der Waals surface area contributed by atoms with Gasteiger partial charge in [-0.25, -0.2) is 9.18 Å². The predicted octanol–water partition coefficient (Wildman–Crippen LogP) is 2.26. The molecule has 1 aromatic rings. The van der Waals surface area contributed by atoms with Gasteiger partial charge < -0.3 is 10.1 Å². The number of alkyl carbamates (subject to hydrolysis) is 1. The lowest BCUT2D eigenvalue weighted by molar-refractivity contribution is 0.177. The van der Waals surface area contributed by atoms with Gasteiger partial charge in [0.25, 0.3) is 0 Å². The number of hydrogen-bond donors (Lipinski definition) is 1. The van der Waals surface area contributed by atoms with Crippen LogP contribution in [0.1, 0.15) is 11.6 Å². The Balaban J connectivity index is 2.28. The van der Waals surface area contributed by atoms with E-state index in [1.54, 1.807) is 0 Å². The molecule has 1 heterocycles. The summed E-state index contributed by atoms with van der Waals surface area (Å²) in [6.45, 7) is 0.226. The summed E-state index contributed by atoms with van der Waals surface area (Å²) in [7, 11) is 0. The third-order valence-electron chi connectivity index (χ3n) is 2.01. The van der Waals surface area contributed by atoms with Crippen molar-refractivity contribution in [3.8, 4) is 0 Å². The van der Waals surface area contributed by atoms with Gasteiger partial charge in [-0.05, 0) is 17.7 Å². The van der Waals surface area contributed by atoms with Crippen LogP contribution >= 0.6 is 11.6 Å². The predicted molar refractivity (Wildman–Crippen MR) is 48.6 cm³/mol. The molecule has 1 saturated heterocycles. The molecule has 5 heteroatoms. The highest BCUT2D eigenvalue weighted by atomic mass is 35.5. The van der Waals surface area contributed by atoms with E-state index in [9.17, 15) is 9.18 Å². The van der Waals surface area contributed by atoms with Gasteiger partial charge in [-0.3, -0.25) is 0 Å². The van der Waals surface area contributed by atoms with E-state index in [-0.39, 0.29) is 12.6 Å². The van der Waals surface area contributed by atoms with E-state index < -0.39 is 11.9 Å². The third-order valence-corrected chi connectivity index (χ3v) is 2.34. The molecule has 1 unspecified atom stereocenters.